The first-order chi connectivity index (χ1) is 14.1. The first-order valence-electron chi connectivity index (χ1n) is 9.48. The topological polar surface area (TPSA) is 94.8 Å². The number of carbonyl (C=O) groups excluding carboxylic acids is 1. The van der Waals surface area contributed by atoms with Crippen LogP contribution in [0.3, 0.4) is 0 Å². The molecule has 1 amide bonds. The summed E-state index contributed by atoms with van der Waals surface area (Å²) < 4.78 is 7.57. The number of unbranched alkanes of at least 4 members (excludes halogenated alkanes) is 1. The van der Waals surface area contributed by atoms with Gasteiger partial charge in [-0.1, -0.05) is 43.4 Å². The van der Waals surface area contributed by atoms with Crippen LogP contribution in [0.5, 0.6) is 5.75 Å². The Morgan fingerprint density at radius 3 is 2.66 bits per heavy atom. The highest BCUT2D eigenvalue weighted by atomic mass is 32.2. The van der Waals surface area contributed by atoms with Crippen LogP contribution < -0.4 is 10.1 Å². The Labute approximate surface area is 178 Å². The number of hydrogen-bond acceptors (Lipinski definition) is 8. The minimum absolute atomic E-state index is 0.146. The Kier molecular flexibility index (Phi) is 7.59. The fraction of sp³-hybridized carbons (Fsp3) is 0.421. The lowest BCUT2D eigenvalue weighted by molar-refractivity contribution is -0.113. The molecule has 1 aromatic carbocycles. The fourth-order valence-electron chi connectivity index (χ4n) is 2.46. The van der Waals surface area contributed by atoms with E-state index >= 15 is 0 Å². The molecule has 2 heterocycles. The maximum Gasteiger partial charge on any atom is 0.236 e. The molecule has 0 saturated heterocycles. The molecule has 154 valence electrons. The van der Waals surface area contributed by atoms with E-state index in [2.05, 4.69) is 32.6 Å². The van der Waals surface area contributed by atoms with Gasteiger partial charge in [0.2, 0.25) is 11.0 Å². The van der Waals surface area contributed by atoms with E-state index in [9.17, 15) is 4.79 Å². The number of amides is 1. The van der Waals surface area contributed by atoms with Crippen molar-refractivity contribution in [2.24, 2.45) is 7.05 Å². The number of thioether (sulfide) groups is 1. The number of rotatable bonds is 10. The molecule has 0 aliphatic carbocycles. The van der Waals surface area contributed by atoms with Gasteiger partial charge in [0.1, 0.15) is 10.8 Å². The van der Waals surface area contributed by atoms with Crippen LogP contribution >= 0.6 is 23.1 Å². The Bertz CT molecular complexity index is 939. The van der Waals surface area contributed by atoms with Crippen molar-refractivity contribution in [1.29, 1.82) is 0 Å². The molecule has 29 heavy (non-hydrogen) atoms. The number of benzene rings is 1. The molecular formula is C19H24N6O2S2. The number of hydrogen-bond donors (Lipinski definition) is 1. The first-order valence-corrected chi connectivity index (χ1v) is 11.3. The van der Waals surface area contributed by atoms with Crippen LogP contribution in [0.15, 0.2) is 29.4 Å². The molecule has 3 rings (SSSR count). The Morgan fingerprint density at radius 1 is 1.17 bits per heavy atom. The molecule has 10 heteroatoms. The van der Waals surface area contributed by atoms with Crippen molar-refractivity contribution in [2.75, 3.05) is 17.7 Å². The van der Waals surface area contributed by atoms with Crippen LogP contribution in [0.25, 0.3) is 11.4 Å². The molecule has 3 aromatic rings. The third kappa shape index (κ3) is 5.77. The standard InChI is InChI=1S/C19H24N6O2S2/c1-4-6-11-27-14-9-7-13(8-10-14)17-22-24-19(25(17)3)28-12-15(26)20-18-23-21-16(5-2)29-18/h7-10H,4-6,11-12H2,1-3H3,(H,20,23,26). The average molecular weight is 433 g/mol. The third-order valence-electron chi connectivity index (χ3n) is 4.06. The van der Waals surface area contributed by atoms with Crippen LogP contribution in [0, 0.1) is 0 Å². The van der Waals surface area contributed by atoms with Crippen molar-refractivity contribution in [3.63, 3.8) is 0 Å². The van der Waals surface area contributed by atoms with E-state index in [0.717, 1.165) is 48.0 Å². The highest BCUT2D eigenvalue weighted by molar-refractivity contribution is 7.99. The summed E-state index contributed by atoms with van der Waals surface area (Å²) in [5, 5.41) is 21.3. The third-order valence-corrected chi connectivity index (χ3v) is 6.07. The second-order valence-corrected chi connectivity index (χ2v) is 8.29. The second kappa shape index (κ2) is 10.4. The Morgan fingerprint density at radius 2 is 1.97 bits per heavy atom. The van der Waals surface area contributed by atoms with Gasteiger partial charge < -0.3 is 9.30 Å². The summed E-state index contributed by atoms with van der Waals surface area (Å²) in [6, 6.07) is 7.81. The van der Waals surface area contributed by atoms with Gasteiger partial charge in [-0.25, -0.2) is 0 Å². The molecule has 0 radical (unpaired) electrons. The van der Waals surface area contributed by atoms with Gasteiger partial charge in [0.25, 0.3) is 0 Å². The summed E-state index contributed by atoms with van der Waals surface area (Å²) in [4.78, 5) is 12.2. The fourth-order valence-corrected chi connectivity index (χ4v) is 3.87. The van der Waals surface area contributed by atoms with E-state index in [1.165, 1.54) is 23.1 Å². The molecule has 1 N–H and O–H groups in total. The maximum absolute atomic E-state index is 12.2. The number of aryl methyl sites for hydroxylation is 1. The summed E-state index contributed by atoms with van der Waals surface area (Å²) >= 11 is 2.72. The number of aromatic nitrogens is 5. The zero-order valence-electron chi connectivity index (χ0n) is 16.7. The summed E-state index contributed by atoms with van der Waals surface area (Å²) in [6.07, 6.45) is 2.95. The van der Waals surface area contributed by atoms with Gasteiger partial charge in [0.15, 0.2) is 11.0 Å². The number of nitrogens with zero attached hydrogens (tertiary/aromatic N) is 5. The summed E-state index contributed by atoms with van der Waals surface area (Å²) in [5.41, 5.74) is 0.945. The molecule has 0 saturated carbocycles. The smallest absolute Gasteiger partial charge is 0.236 e. The van der Waals surface area contributed by atoms with Crippen molar-refractivity contribution < 1.29 is 9.53 Å². The molecule has 0 bridgehead atoms. The predicted octanol–water partition coefficient (Wildman–Crippen LogP) is 3.81. The normalized spacial score (nSPS) is 10.9. The largest absolute Gasteiger partial charge is 0.494 e. The van der Waals surface area contributed by atoms with E-state index in [-0.39, 0.29) is 11.7 Å². The van der Waals surface area contributed by atoms with E-state index < -0.39 is 0 Å². The van der Waals surface area contributed by atoms with Crippen molar-refractivity contribution in [1.82, 2.24) is 25.0 Å². The lowest BCUT2D eigenvalue weighted by Crippen LogP contribution is -2.14. The molecule has 0 spiro atoms. The highest BCUT2D eigenvalue weighted by Gasteiger charge is 2.14. The maximum atomic E-state index is 12.2. The SMILES string of the molecule is CCCCOc1ccc(-c2nnc(SCC(=O)Nc3nnc(CC)s3)n2C)cc1. The average Bonchev–Trinajstić information content (AvgIpc) is 3.33. The van der Waals surface area contributed by atoms with Crippen LogP contribution in [0.4, 0.5) is 5.13 Å². The molecular weight excluding hydrogens is 408 g/mol. The van der Waals surface area contributed by atoms with Crippen LogP contribution in [0.2, 0.25) is 0 Å². The van der Waals surface area contributed by atoms with E-state index in [1.807, 2.05) is 42.8 Å². The van der Waals surface area contributed by atoms with Gasteiger partial charge in [-0.2, -0.15) is 0 Å². The highest BCUT2D eigenvalue weighted by Crippen LogP contribution is 2.25. The van der Waals surface area contributed by atoms with Gasteiger partial charge in [0.05, 0.1) is 12.4 Å². The monoisotopic (exact) mass is 432 g/mol. The zero-order valence-corrected chi connectivity index (χ0v) is 18.3. The van der Waals surface area contributed by atoms with E-state index in [4.69, 9.17) is 4.74 Å². The molecule has 0 fully saturated rings. The first kappa shape index (κ1) is 21.3. The van der Waals surface area contributed by atoms with Crippen LogP contribution in [-0.4, -0.2) is 43.2 Å². The van der Waals surface area contributed by atoms with Gasteiger partial charge >= 0.3 is 0 Å². The van der Waals surface area contributed by atoms with Crippen LogP contribution in [-0.2, 0) is 18.3 Å². The molecule has 0 atom stereocenters. The predicted molar refractivity (Wildman–Crippen MR) is 115 cm³/mol. The molecule has 2 aromatic heterocycles. The van der Waals surface area contributed by atoms with E-state index in [1.54, 1.807) is 0 Å². The molecule has 0 aliphatic heterocycles. The van der Waals surface area contributed by atoms with Gasteiger partial charge in [-0.15, -0.1) is 20.4 Å². The molecule has 8 nitrogen and oxygen atoms in total. The number of ether oxygens (including phenoxy) is 1. The van der Waals surface area contributed by atoms with Crippen LogP contribution in [0.1, 0.15) is 31.7 Å². The van der Waals surface area contributed by atoms with Crippen molar-refractivity contribution >= 4 is 34.1 Å². The van der Waals surface area contributed by atoms with Gasteiger partial charge in [-0.05, 0) is 37.1 Å². The Hall–Kier alpha value is -2.46. The summed E-state index contributed by atoms with van der Waals surface area (Å²) in [7, 11) is 1.89. The summed E-state index contributed by atoms with van der Waals surface area (Å²) in [5.74, 6) is 1.66. The second-order valence-electron chi connectivity index (χ2n) is 6.28. The Balaban J connectivity index is 1.56. The molecule has 0 unspecified atom stereocenters. The molecule has 0 aliphatic rings. The number of nitrogens with one attached hydrogen (secondary N) is 1. The minimum atomic E-state index is -0.146. The van der Waals surface area contributed by atoms with Crippen molar-refractivity contribution in [3.8, 4) is 17.1 Å². The number of carbonyl (C=O) groups is 1. The lowest BCUT2D eigenvalue weighted by atomic mass is 10.2. The van der Waals surface area contributed by atoms with Crippen molar-refractivity contribution in [2.45, 2.75) is 38.3 Å². The zero-order chi connectivity index (χ0) is 20.6. The number of anilines is 1. The van der Waals surface area contributed by atoms with Crippen molar-refractivity contribution in [3.05, 3.63) is 29.3 Å². The minimum Gasteiger partial charge on any atom is -0.494 e. The lowest BCUT2D eigenvalue weighted by Gasteiger charge is -2.07. The van der Waals surface area contributed by atoms with Gasteiger partial charge in [0, 0.05) is 12.6 Å². The van der Waals surface area contributed by atoms with Gasteiger partial charge in [-0.3, -0.25) is 10.1 Å². The quantitative estimate of drug-likeness (QED) is 0.384. The summed E-state index contributed by atoms with van der Waals surface area (Å²) in [6.45, 7) is 4.86. The van der Waals surface area contributed by atoms with E-state index in [0.29, 0.717) is 10.3 Å².